The Kier molecular flexibility index (Phi) is 4.35. The van der Waals surface area contributed by atoms with Gasteiger partial charge in [-0.3, -0.25) is 4.90 Å². The third kappa shape index (κ3) is 2.69. The van der Waals surface area contributed by atoms with Gasteiger partial charge in [-0.2, -0.15) is 11.8 Å². The first-order valence-corrected chi connectivity index (χ1v) is 7.56. The second kappa shape index (κ2) is 5.55. The summed E-state index contributed by atoms with van der Waals surface area (Å²) in [7, 11) is 0. The Morgan fingerprint density at radius 3 is 2.87 bits per heavy atom. The van der Waals surface area contributed by atoms with Crippen LogP contribution in [0.4, 0.5) is 0 Å². The van der Waals surface area contributed by atoms with Gasteiger partial charge in [-0.15, -0.1) is 0 Å². The zero-order valence-electron chi connectivity index (χ0n) is 9.93. The first kappa shape index (κ1) is 11.7. The van der Waals surface area contributed by atoms with Crippen LogP contribution in [0.2, 0.25) is 0 Å². The average Bonchev–Trinajstić information content (AvgIpc) is 2.71. The second-order valence-electron chi connectivity index (χ2n) is 4.79. The topological polar surface area (TPSA) is 15.3 Å². The summed E-state index contributed by atoms with van der Waals surface area (Å²) >= 11 is 2.08. The zero-order valence-corrected chi connectivity index (χ0v) is 10.7. The number of hydrogen-bond donors (Lipinski definition) is 1. The molecule has 1 saturated carbocycles. The van der Waals surface area contributed by atoms with Crippen molar-refractivity contribution >= 4 is 11.8 Å². The molecule has 2 rings (SSSR count). The van der Waals surface area contributed by atoms with Crippen molar-refractivity contribution < 1.29 is 0 Å². The fourth-order valence-corrected chi connectivity index (χ4v) is 3.72. The van der Waals surface area contributed by atoms with Crippen LogP contribution in [0.1, 0.15) is 32.6 Å². The molecule has 1 aliphatic carbocycles. The lowest BCUT2D eigenvalue weighted by Crippen LogP contribution is -2.60. The van der Waals surface area contributed by atoms with Crippen LogP contribution < -0.4 is 5.32 Å². The van der Waals surface area contributed by atoms with Crippen molar-refractivity contribution in [3.8, 4) is 0 Å². The molecular weight excluding hydrogens is 204 g/mol. The van der Waals surface area contributed by atoms with E-state index in [0.29, 0.717) is 5.54 Å². The molecule has 2 fully saturated rings. The van der Waals surface area contributed by atoms with Gasteiger partial charge < -0.3 is 5.32 Å². The summed E-state index contributed by atoms with van der Waals surface area (Å²) < 4.78 is 0. The van der Waals surface area contributed by atoms with Crippen molar-refractivity contribution in [3.63, 3.8) is 0 Å². The second-order valence-corrected chi connectivity index (χ2v) is 6.19. The largest absolute Gasteiger partial charge is 0.314 e. The van der Waals surface area contributed by atoms with Gasteiger partial charge in [0.15, 0.2) is 0 Å². The molecule has 0 aromatic carbocycles. The van der Waals surface area contributed by atoms with E-state index in [4.69, 9.17) is 0 Å². The lowest BCUT2D eigenvalue weighted by atomic mass is 9.93. The van der Waals surface area contributed by atoms with E-state index in [1.54, 1.807) is 0 Å². The van der Waals surface area contributed by atoms with E-state index in [1.165, 1.54) is 63.4 Å². The zero-order chi connectivity index (χ0) is 10.6. The van der Waals surface area contributed by atoms with Crippen molar-refractivity contribution in [1.82, 2.24) is 10.2 Å². The highest BCUT2D eigenvalue weighted by Gasteiger charge is 2.40. The first-order chi connectivity index (χ1) is 7.37. The highest BCUT2D eigenvalue weighted by Crippen LogP contribution is 2.35. The maximum absolute atomic E-state index is 3.59. The fourth-order valence-electron chi connectivity index (χ4n) is 3.08. The highest BCUT2D eigenvalue weighted by atomic mass is 32.2. The predicted octanol–water partition coefficient (Wildman–Crippen LogP) is 1.96. The summed E-state index contributed by atoms with van der Waals surface area (Å²) in [6.45, 7) is 7.26. The quantitative estimate of drug-likeness (QED) is 0.741. The van der Waals surface area contributed by atoms with Gasteiger partial charge >= 0.3 is 0 Å². The van der Waals surface area contributed by atoms with Crippen molar-refractivity contribution in [2.75, 3.05) is 37.7 Å². The molecule has 0 amide bonds. The highest BCUT2D eigenvalue weighted by molar-refractivity contribution is 7.99. The Bertz CT molecular complexity index is 190. The number of piperazine rings is 1. The predicted molar refractivity (Wildman–Crippen MR) is 68.6 cm³/mol. The van der Waals surface area contributed by atoms with Gasteiger partial charge in [0.25, 0.3) is 0 Å². The molecule has 1 saturated heterocycles. The maximum Gasteiger partial charge on any atom is 0.0334 e. The molecule has 1 spiro atoms. The number of hydrogen-bond acceptors (Lipinski definition) is 3. The van der Waals surface area contributed by atoms with E-state index in [1.807, 2.05) is 0 Å². The molecule has 3 heteroatoms. The molecule has 0 aromatic heterocycles. The Morgan fingerprint density at radius 1 is 1.33 bits per heavy atom. The van der Waals surface area contributed by atoms with E-state index in [-0.39, 0.29) is 0 Å². The molecule has 1 N–H and O–H groups in total. The Labute approximate surface area is 98.2 Å². The molecule has 0 unspecified atom stereocenters. The molecule has 1 heterocycles. The van der Waals surface area contributed by atoms with Gasteiger partial charge in [-0.25, -0.2) is 0 Å². The third-order valence-electron chi connectivity index (χ3n) is 3.93. The third-order valence-corrected chi connectivity index (χ3v) is 4.81. The van der Waals surface area contributed by atoms with Gasteiger partial charge in [0.05, 0.1) is 0 Å². The van der Waals surface area contributed by atoms with E-state index in [0.717, 1.165) is 0 Å². The van der Waals surface area contributed by atoms with Crippen LogP contribution in [0.5, 0.6) is 0 Å². The molecule has 0 bridgehead atoms. The summed E-state index contributed by atoms with van der Waals surface area (Å²) in [5.41, 5.74) is 0.548. The monoisotopic (exact) mass is 228 g/mol. The van der Waals surface area contributed by atoms with Crippen molar-refractivity contribution in [3.05, 3.63) is 0 Å². The van der Waals surface area contributed by atoms with Crippen LogP contribution in [-0.2, 0) is 0 Å². The molecule has 2 aliphatic rings. The lowest BCUT2D eigenvalue weighted by molar-refractivity contribution is 0.0719. The molecule has 2 nitrogen and oxygen atoms in total. The average molecular weight is 228 g/mol. The van der Waals surface area contributed by atoms with Gasteiger partial charge in [0.2, 0.25) is 0 Å². The molecule has 1 aliphatic heterocycles. The van der Waals surface area contributed by atoms with E-state index in [2.05, 4.69) is 28.9 Å². The van der Waals surface area contributed by atoms with Gasteiger partial charge in [-0.05, 0) is 18.6 Å². The van der Waals surface area contributed by atoms with Gasteiger partial charge in [0, 0.05) is 37.5 Å². The molecule has 88 valence electrons. The Hall–Kier alpha value is 0.270. The molecular formula is C12H24N2S. The Morgan fingerprint density at radius 2 is 2.13 bits per heavy atom. The minimum atomic E-state index is 0.548. The van der Waals surface area contributed by atoms with Crippen LogP contribution in [0, 0.1) is 0 Å². The molecule has 0 atom stereocenters. The summed E-state index contributed by atoms with van der Waals surface area (Å²) in [5.74, 6) is 2.58. The van der Waals surface area contributed by atoms with Crippen LogP contribution >= 0.6 is 11.8 Å². The molecule has 15 heavy (non-hydrogen) atoms. The van der Waals surface area contributed by atoms with Gasteiger partial charge in [0.1, 0.15) is 0 Å². The van der Waals surface area contributed by atoms with Gasteiger partial charge in [-0.1, -0.05) is 19.8 Å². The normalized spacial score (nSPS) is 26.2. The number of nitrogens with zero attached hydrogens (tertiary/aromatic N) is 1. The standard InChI is InChI=1S/C12H24N2S/c1-2-15-10-9-14-8-7-13-11-12(14)5-3-4-6-12/h13H,2-11H2,1H3. The first-order valence-electron chi connectivity index (χ1n) is 6.41. The van der Waals surface area contributed by atoms with Crippen LogP contribution in [0.25, 0.3) is 0 Å². The van der Waals surface area contributed by atoms with E-state index >= 15 is 0 Å². The molecule has 0 radical (unpaired) electrons. The number of thioether (sulfide) groups is 1. The van der Waals surface area contributed by atoms with E-state index in [9.17, 15) is 0 Å². The van der Waals surface area contributed by atoms with Crippen LogP contribution in [-0.4, -0.2) is 48.1 Å². The minimum Gasteiger partial charge on any atom is -0.314 e. The summed E-state index contributed by atoms with van der Waals surface area (Å²) in [6.07, 6.45) is 5.74. The SMILES string of the molecule is CCSCCN1CCNCC12CCCC2. The van der Waals surface area contributed by atoms with Crippen molar-refractivity contribution in [2.45, 2.75) is 38.1 Å². The van der Waals surface area contributed by atoms with Crippen molar-refractivity contribution in [1.29, 1.82) is 0 Å². The summed E-state index contributed by atoms with van der Waals surface area (Å²) in [5, 5.41) is 3.59. The lowest BCUT2D eigenvalue weighted by Gasteiger charge is -2.45. The summed E-state index contributed by atoms with van der Waals surface area (Å²) in [4.78, 5) is 2.78. The smallest absolute Gasteiger partial charge is 0.0334 e. The van der Waals surface area contributed by atoms with E-state index < -0.39 is 0 Å². The maximum atomic E-state index is 3.59. The number of nitrogens with one attached hydrogen (secondary N) is 1. The fraction of sp³-hybridized carbons (Fsp3) is 1.00. The van der Waals surface area contributed by atoms with Crippen LogP contribution in [0.15, 0.2) is 0 Å². The number of rotatable bonds is 4. The minimum absolute atomic E-state index is 0.548. The van der Waals surface area contributed by atoms with Crippen molar-refractivity contribution in [2.24, 2.45) is 0 Å². The van der Waals surface area contributed by atoms with Crippen LogP contribution in [0.3, 0.4) is 0 Å². The summed E-state index contributed by atoms with van der Waals surface area (Å²) in [6, 6.07) is 0. The molecule has 0 aromatic rings. The Balaban J connectivity index is 1.88.